The molecule has 0 aliphatic carbocycles. The van der Waals surface area contributed by atoms with Crippen LogP contribution in [-0.2, 0) is 0 Å². The molecule has 0 bridgehead atoms. The van der Waals surface area contributed by atoms with Crippen molar-refractivity contribution in [1.82, 2.24) is 5.32 Å². The van der Waals surface area contributed by atoms with Gasteiger partial charge in [0.2, 0.25) is 0 Å². The zero-order valence-electron chi connectivity index (χ0n) is 13.4. The molecule has 4 nitrogen and oxygen atoms in total. The molecule has 1 amide bonds. The number of carbonyl (C=O) groups excluding carboxylic acids is 2. The summed E-state index contributed by atoms with van der Waals surface area (Å²) in [5, 5.41) is 2.91. The highest BCUT2D eigenvalue weighted by Gasteiger charge is 2.06. The highest BCUT2D eigenvalue weighted by Crippen LogP contribution is 2.12. The van der Waals surface area contributed by atoms with Crippen LogP contribution < -0.4 is 10.2 Å². The minimum absolute atomic E-state index is 0.106. The fraction of sp³-hybridized carbons (Fsp3) is 0.263. The van der Waals surface area contributed by atoms with Crippen molar-refractivity contribution < 1.29 is 9.59 Å². The normalized spacial score (nSPS) is 10.1. The molecule has 0 aliphatic heterocycles. The Bertz CT molecular complexity index is 624. The molecule has 0 radical (unpaired) electrons. The summed E-state index contributed by atoms with van der Waals surface area (Å²) in [6.07, 6.45) is 1.64. The van der Waals surface area contributed by atoms with Crippen LogP contribution in [-0.4, -0.2) is 31.8 Å². The van der Waals surface area contributed by atoms with E-state index in [0.717, 1.165) is 25.8 Å². The van der Waals surface area contributed by atoms with Gasteiger partial charge in [-0.15, -0.1) is 0 Å². The summed E-state index contributed by atoms with van der Waals surface area (Å²) in [7, 11) is 0. The summed E-state index contributed by atoms with van der Waals surface area (Å²) in [4.78, 5) is 24.9. The van der Waals surface area contributed by atoms with Crippen molar-refractivity contribution in [3.63, 3.8) is 0 Å². The second-order valence-corrected chi connectivity index (χ2v) is 5.26. The van der Waals surface area contributed by atoms with Crippen molar-refractivity contribution in [3.8, 4) is 0 Å². The molecule has 0 spiro atoms. The fourth-order valence-electron chi connectivity index (χ4n) is 2.40. The smallest absolute Gasteiger partial charge is 0.251 e. The predicted molar refractivity (Wildman–Crippen MR) is 93.1 cm³/mol. The van der Waals surface area contributed by atoms with E-state index in [9.17, 15) is 9.59 Å². The first-order valence-corrected chi connectivity index (χ1v) is 7.88. The maximum Gasteiger partial charge on any atom is 0.251 e. The number of benzene rings is 2. The van der Waals surface area contributed by atoms with Crippen LogP contribution in [0.2, 0.25) is 0 Å². The number of hydrogen-bond acceptors (Lipinski definition) is 3. The summed E-state index contributed by atoms with van der Waals surface area (Å²) in [5.41, 5.74) is 2.35. The lowest BCUT2D eigenvalue weighted by Gasteiger charge is -2.23. The SMILES string of the molecule is CCN(CCCNC(=O)c1ccc(C=O)cc1)c1ccccc1. The quantitative estimate of drug-likeness (QED) is 0.602. The van der Waals surface area contributed by atoms with Crippen molar-refractivity contribution in [3.05, 3.63) is 65.7 Å². The van der Waals surface area contributed by atoms with Gasteiger partial charge >= 0.3 is 0 Å². The zero-order chi connectivity index (χ0) is 16.5. The van der Waals surface area contributed by atoms with Gasteiger partial charge in [0.15, 0.2) is 0 Å². The maximum atomic E-state index is 12.0. The van der Waals surface area contributed by atoms with E-state index in [4.69, 9.17) is 0 Å². The lowest BCUT2D eigenvalue weighted by molar-refractivity contribution is 0.0952. The molecule has 23 heavy (non-hydrogen) atoms. The van der Waals surface area contributed by atoms with E-state index in [1.54, 1.807) is 24.3 Å². The predicted octanol–water partition coefficient (Wildman–Crippen LogP) is 3.15. The summed E-state index contributed by atoms with van der Waals surface area (Å²) in [6, 6.07) is 16.9. The molecule has 0 saturated carbocycles. The minimum Gasteiger partial charge on any atom is -0.372 e. The molecule has 0 fully saturated rings. The lowest BCUT2D eigenvalue weighted by Crippen LogP contribution is -2.29. The molecule has 0 saturated heterocycles. The monoisotopic (exact) mass is 310 g/mol. The number of nitrogens with one attached hydrogen (secondary N) is 1. The molecule has 120 valence electrons. The Kier molecular flexibility index (Phi) is 6.36. The van der Waals surface area contributed by atoms with Crippen LogP contribution in [0.5, 0.6) is 0 Å². The van der Waals surface area contributed by atoms with Crippen LogP contribution in [0.15, 0.2) is 54.6 Å². The molecule has 2 aromatic rings. The molecule has 0 aliphatic rings. The van der Waals surface area contributed by atoms with Gasteiger partial charge in [-0.05, 0) is 37.6 Å². The van der Waals surface area contributed by atoms with Gasteiger partial charge in [-0.2, -0.15) is 0 Å². The van der Waals surface area contributed by atoms with Crippen LogP contribution >= 0.6 is 0 Å². The van der Waals surface area contributed by atoms with E-state index in [1.807, 2.05) is 18.2 Å². The summed E-state index contributed by atoms with van der Waals surface area (Å²) in [6.45, 7) is 4.58. The summed E-state index contributed by atoms with van der Waals surface area (Å²) < 4.78 is 0. The molecule has 2 rings (SSSR count). The first kappa shape index (κ1) is 16.7. The first-order valence-electron chi connectivity index (χ1n) is 7.88. The van der Waals surface area contributed by atoms with Crippen LogP contribution in [0, 0.1) is 0 Å². The third kappa shape index (κ3) is 4.95. The minimum atomic E-state index is -0.106. The summed E-state index contributed by atoms with van der Waals surface area (Å²) >= 11 is 0. The van der Waals surface area contributed by atoms with Crippen molar-refractivity contribution in [2.75, 3.05) is 24.5 Å². The van der Waals surface area contributed by atoms with Crippen LogP contribution in [0.3, 0.4) is 0 Å². The van der Waals surface area contributed by atoms with Crippen molar-refractivity contribution >= 4 is 17.9 Å². The number of hydrogen-bond donors (Lipinski definition) is 1. The standard InChI is InChI=1S/C19H22N2O2/c1-2-21(18-7-4-3-5-8-18)14-6-13-20-19(23)17-11-9-16(15-22)10-12-17/h3-5,7-12,15H,2,6,13-14H2,1H3,(H,20,23). The Morgan fingerprint density at radius 2 is 1.78 bits per heavy atom. The Balaban J connectivity index is 1.77. The molecular weight excluding hydrogens is 288 g/mol. The van der Waals surface area contributed by atoms with Gasteiger partial charge in [0.05, 0.1) is 0 Å². The van der Waals surface area contributed by atoms with E-state index in [-0.39, 0.29) is 5.91 Å². The molecular formula is C19H22N2O2. The van der Waals surface area contributed by atoms with Crippen molar-refractivity contribution in [2.24, 2.45) is 0 Å². The van der Waals surface area contributed by atoms with E-state index >= 15 is 0 Å². The fourth-order valence-corrected chi connectivity index (χ4v) is 2.40. The number of aldehydes is 1. The second-order valence-electron chi connectivity index (χ2n) is 5.26. The number of amides is 1. The van der Waals surface area contributed by atoms with Crippen LogP contribution in [0.4, 0.5) is 5.69 Å². The van der Waals surface area contributed by atoms with Crippen LogP contribution in [0.1, 0.15) is 34.1 Å². The number of nitrogens with zero attached hydrogens (tertiary/aromatic N) is 1. The Labute approximate surface area is 137 Å². The van der Waals surface area contributed by atoms with Gasteiger partial charge in [0.1, 0.15) is 6.29 Å². The van der Waals surface area contributed by atoms with Gasteiger partial charge in [-0.3, -0.25) is 9.59 Å². The summed E-state index contributed by atoms with van der Waals surface area (Å²) in [5.74, 6) is -0.106. The highest BCUT2D eigenvalue weighted by atomic mass is 16.1. The van der Waals surface area contributed by atoms with Gasteiger partial charge in [-0.1, -0.05) is 30.3 Å². The second kappa shape index (κ2) is 8.73. The number of para-hydroxylation sites is 1. The van der Waals surface area contributed by atoms with Gasteiger partial charge < -0.3 is 10.2 Å². The average Bonchev–Trinajstić information content (AvgIpc) is 2.62. The Morgan fingerprint density at radius 3 is 2.39 bits per heavy atom. The third-order valence-electron chi connectivity index (χ3n) is 3.70. The van der Waals surface area contributed by atoms with E-state index in [0.29, 0.717) is 17.7 Å². The Morgan fingerprint density at radius 1 is 1.09 bits per heavy atom. The third-order valence-corrected chi connectivity index (χ3v) is 3.70. The largest absolute Gasteiger partial charge is 0.372 e. The van der Waals surface area contributed by atoms with E-state index in [1.165, 1.54) is 5.69 Å². The number of anilines is 1. The zero-order valence-corrected chi connectivity index (χ0v) is 13.4. The van der Waals surface area contributed by atoms with E-state index < -0.39 is 0 Å². The van der Waals surface area contributed by atoms with Gasteiger partial charge in [0.25, 0.3) is 5.91 Å². The topological polar surface area (TPSA) is 49.4 Å². The van der Waals surface area contributed by atoms with Crippen LogP contribution in [0.25, 0.3) is 0 Å². The molecule has 0 unspecified atom stereocenters. The van der Waals surface area contributed by atoms with Gasteiger partial charge in [-0.25, -0.2) is 0 Å². The van der Waals surface area contributed by atoms with Gasteiger partial charge in [0, 0.05) is 36.4 Å². The number of carbonyl (C=O) groups is 2. The van der Waals surface area contributed by atoms with E-state index in [2.05, 4.69) is 29.3 Å². The molecule has 4 heteroatoms. The molecule has 0 heterocycles. The maximum absolute atomic E-state index is 12.0. The average molecular weight is 310 g/mol. The molecule has 0 aromatic heterocycles. The lowest BCUT2D eigenvalue weighted by atomic mass is 10.1. The molecule has 0 atom stereocenters. The molecule has 2 aromatic carbocycles. The Hall–Kier alpha value is -2.62. The highest BCUT2D eigenvalue weighted by molar-refractivity contribution is 5.94. The van der Waals surface area contributed by atoms with Crippen molar-refractivity contribution in [1.29, 1.82) is 0 Å². The molecule has 1 N–H and O–H groups in total. The first-order chi connectivity index (χ1) is 11.2. The van der Waals surface area contributed by atoms with Crippen molar-refractivity contribution in [2.45, 2.75) is 13.3 Å². The number of rotatable bonds is 8.